The van der Waals surface area contributed by atoms with E-state index < -0.39 is 21.9 Å². The number of rotatable bonds is 4. The highest BCUT2D eigenvalue weighted by atomic mass is 32.2. The summed E-state index contributed by atoms with van der Waals surface area (Å²) in [6, 6.07) is 0. The summed E-state index contributed by atoms with van der Waals surface area (Å²) in [7, 11) is -1.97. The predicted octanol–water partition coefficient (Wildman–Crippen LogP) is 1.63. The second kappa shape index (κ2) is 7.05. The van der Waals surface area contributed by atoms with Crippen molar-refractivity contribution in [2.24, 2.45) is 5.92 Å². The Morgan fingerprint density at radius 1 is 1.28 bits per heavy atom. The topological polar surface area (TPSA) is 92.8 Å². The molecule has 138 valence electrons. The molecule has 2 aliphatic rings. The molecule has 1 aliphatic heterocycles. The minimum absolute atomic E-state index is 0.184. The quantitative estimate of drug-likeness (QED) is 0.794. The maximum absolute atomic E-state index is 12.7. The molecular weight excluding hydrogens is 364 g/mol. The van der Waals surface area contributed by atoms with Crippen LogP contribution in [-0.4, -0.2) is 51.1 Å². The minimum Gasteiger partial charge on any atom is -0.465 e. The number of ether oxygens (including phenoxy) is 1. The van der Waals surface area contributed by atoms with Crippen molar-refractivity contribution < 1.29 is 22.7 Å². The van der Waals surface area contributed by atoms with Gasteiger partial charge in [0, 0.05) is 18.0 Å². The number of hydrogen-bond acceptors (Lipinski definition) is 6. The van der Waals surface area contributed by atoms with Crippen molar-refractivity contribution in [1.29, 1.82) is 0 Å². The Labute approximate surface area is 151 Å². The molecule has 1 aliphatic carbocycles. The summed E-state index contributed by atoms with van der Waals surface area (Å²) >= 11 is 1.43. The molecule has 2 heterocycles. The molecule has 0 aromatic carbocycles. The van der Waals surface area contributed by atoms with Crippen molar-refractivity contribution >= 4 is 38.2 Å². The number of nitrogens with zero attached hydrogens (tertiary/aromatic N) is 1. The van der Waals surface area contributed by atoms with Gasteiger partial charge in [0.15, 0.2) is 0 Å². The lowest BCUT2D eigenvalue weighted by Gasteiger charge is -2.30. The van der Waals surface area contributed by atoms with Crippen molar-refractivity contribution in [2.45, 2.75) is 32.1 Å². The lowest BCUT2D eigenvalue weighted by atomic mass is 9.99. The number of amides is 1. The van der Waals surface area contributed by atoms with Gasteiger partial charge in [0.1, 0.15) is 5.00 Å². The number of sulfonamides is 1. The van der Waals surface area contributed by atoms with Gasteiger partial charge in [0.25, 0.3) is 0 Å². The lowest BCUT2D eigenvalue weighted by molar-refractivity contribution is -0.120. The van der Waals surface area contributed by atoms with Crippen LogP contribution in [0.2, 0.25) is 0 Å². The number of aryl methyl sites for hydroxylation is 1. The van der Waals surface area contributed by atoms with Crippen molar-refractivity contribution in [3.8, 4) is 0 Å². The number of nitrogens with one attached hydrogen (secondary N) is 1. The molecule has 9 heteroatoms. The first-order valence-electron chi connectivity index (χ1n) is 8.30. The molecule has 0 saturated carbocycles. The van der Waals surface area contributed by atoms with Crippen LogP contribution in [0.5, 0.6) is 0 Å². The zero-order valence-corrected chi connectivity index (χ0v) is 16.0. The first-order chi connectivity index (χ1) is 11.8. The Morgan fingerprint density at radius 3 is 2.72 bits per heavy atom. The van der Waals surface area contributed by atoms with Crippen molar-refractivity contribution in [3.05, 3.63) is 16.0 Å². The third kappa shape index (κ3) is 3.73. The van der Waals surface area contributed by atoms with Crippen LogP contribution in [0.3, 0.4) is 0 Å². The van der Waals surface area contributed by atoms with Crippen LogP contribution < -0.4 is 5.32 Å². The molecule has 25 heavy (non-hydrogen) atoms. The van der Waals surface area contributed by atoms with Crippen molar-refractivity contribution in [3.63, 3.8) is 0 Å². The summed E-state index contributed by atoms with van der Waals surface area (Å²) in [5.74, 6) is -1.08. The number of esters is 1. The van der Waals surface area contributed by atoms with Gasteiger partial charge in [-0.25, -0.2) is 17.5 Å². The monoisotopic (exact) mass is 386 g/mol. The molecule has 1 fully saturated rings. The van der Waals surface area contributed by atoms with E-state index in [9.17, 15) is 18.0 Å². The zero-order valence-electron chi connectivity index (χ0n) is 14.3. The molecule has 1 saturated heterocycles. The van der Waals surface area contributed by atoms with Gasteiger partial charge in [-0.1, -0.05) is 0 Å². The summed E-state index contributed by atoms with van der Waals surface area (Å²) in [5, 5.41) is 3.38. The summed E-state index contributed by atoms with van der Waals surface area (Å²) in [6.45, 7) is 0.632. The minimum atomic E-state index is -3.31. The molecular formula is C16H22N2O5S2. The van der Waals surface area contributed by atoms with E-state index in [0.717, 1.165) is 36.0 Å². The largest absolute Gasteiger partial charge is 0.465 e. The predicted molar refractivity (Wildman–Crippen MR) is 95.5 cm³/mol. The van der Waals surface area contributed by atoms with Crippen LogP contribution in [-0.2, 0) is 32.4 Å². The second-order valence-electron chi connectivity index (χ2n) is 6.50. The van der Waals surface area contributed by atoms with Gasteiger partial charge in [0.05, 0.1) is 24.8 Å². The van der Waals surface area contributed by atoms with E-state index in [0.29, 0.717) is 30.0 Å². The fourth-order valence-electron chi connectivity index (χ4n) is 3.48. The third-order valence-electron chi connectivity index (χ3n) is 4.77. The summed E-state index contributed by atoms with van der Waals surface area (Å²) < 4.78 is 29.7. The van der Waals surface area contributed by atoms with Gasteiger partial charge in [-0.3, -0.25) is 4.79 Å². The van der Waals surface area contributed by atoms with Crippen molar-refractivity contribution in [1.82, 2.24) is 4.31 Å². The Kier molecular flexibility index (Phi) is 5.17. The number of methoxy groups -OCH3 is 1. The van der Waals surface area contributed by atoms with E-state index in [1.54, 1.807) is 0 Å². The zero-order chi connectivity index (χ0) is 18.2. The first kappa shape index (κ1) is 18.3. The van der Waals surface area contributed by atoms with Gasteiger partial charge < -0.3 is 10.1 Å². The van der Waals surface area contributed by atoms with E-state index in [-0.39, 0.29) is 12.5 Å². The van der Waals surface area contributed by atoms with Crippen LogP contribution in [0.15, 0.2) is 0 Å². The molecule has 7 nitrogen and oxygen atoms in total. The van der Waals surface area contributed by atoms with Crippen LogP contribution in [0.1, 0.15) is 40.1 Å². The van der Waals surface area contributed by atoms with Gasteiger partial charge in [-0.15, -0.1) is 11.3 Å². The first-order valence-corrected chi connectivity index (χ1v) is 11.0. The van der Waals surface area contributed by atoms with E-state index >= 15 is 0 Å². The molecule has 0 radical (unpaired) electrons. The maximum Gasteiger partial charge on any atom is 0.341 e. The highest BCUT2D eigenvalue weighted by molar-refractivity contribution is 7.88. The molecule has 0 spiro atoms. The molecule has 1 atom stereocenters. The summed E-state index contributed by atoms with van der Waals surface area (Å²) in [4.78, 5) is 25.9. The van der Waals surface area contributed by atoms with Crippen LogP contribution in [0, 0.1) is 5.92 Å². The van der Waals surface area contributed by atoms with Gasteiger partial charge in [-0.2, -0.15) is 0 Å². The number of carbonyl (C=O) groups excluding carboxylic acids is 2. The fourth-order valence-corrected chi connectivity index (χ4v) is 5.67. The molecule has 3 rings (SSSR count). The van der Waals surface area contributed by atoms with Gasteiger partial charge in [0.2, 0.25) is 15.9 Å². The SMILES string of the molecule is COC(=O)c1c(NC(=O)C2CCCN(S(C)(=O)=O)C2)sc2c1CCC2. The lowest BCUT2D eigenvalue weighted by Crippen LogP contribution is -2.43. The fraction of sp³-hybridized carbons (Fsp3) is 0.625. The molecule has 1 aromatic heterocycles. The third-order valence-corrected chi connectivity index (χ3v) is 7.25. The number of carbonyl (C=O) groups is 2. The number of anilines is 1. The van der Waals surface area contributed by atoms with E-state index in [2.05, 4.69) is 5.32 Å². The number of fused-ring (bicyclic) bond motifs is 1. The van der Waals surface area contributed by atoms with Crippen LogP contribution >= 0.6 is 11.3 Å². The van der Waals surface area contributed by atoms with Gasteiger partial charge in [-0.05, 0) is 37.7 Å². The number of piperidine rings is 1. The Hall–Kier alpha value is -1.45. The smallest absolute Gasteiger partial charge is 0.341 e. The number of hydrogen-bond donors (Lipinski definition) is 1. The Morgan fingerprint density at radius 2 is 2.04 bits per heavy atom. The number of thiophene rings is 1. The highest BCUT2D eigenvalue weighted by Gasteiger charge is 2.33. The molecule has 1 N–H and O–H groups in total. The summed E-state index contributed by atoms with van der Waals surface area (Å²) in [5.41, 5.74) is 1.44. The van der Waals surface area contributed by atoms with Crippen LogP contribution in [0.4, 0.5) is 5.00 Å². The van der Waals surface area contributed by atoms with Crippen molar-refractivity contribution in [2.75, 3.05) is 31.8 Å². The van der Waals surface area contributed by atoms with E-state index in [4.69, 9.17) is 4.74 Å². The van der Waals surface area contributed by atoms with E-state index in [1.807, 2.05) is 0 Å². The Bertz CT molecular complexity index is 800. The van der Waals surface area contributed by atoms with Crippen LogP contribution in [0.25, 0.3) is 0 Å². The van der Waals surface area contributed by atoms with Gasteiger partial charge >= 0.3 is 5.97 Å². The average molecular weight is 386 g/mol. The normalized spacial score (nSPS) is 21.0. The molecule has 1 unspecified atom stereocenters. The molecule has 1 aromatic rings. The standard InChI is InChI=1S/C16H22N2O5S2/c1-23-16(20)13-11-6-3-7-12(11)24-15(13)17-14(19)10-5-4-8-18(9-10)25(2,21)22/h10H,3-9H2,1-2H3,(H,17,19). The highest BCUT2D eigenvalue weighted by Crippen LogP contribution is 2.39. The molecule has 0 bridgehead atoms. The Balaban J connectivity index is 1.78. The average Bonchev–Trinajstić information content (AvgIpc) is 3.14. The summed E-state index contributed by atoms with van der Waals surface area (Å²) in [6.07, 6.45) is 5.17. The van der Waals surface area contributed by atoms with E-state index in [1.165, 1.54) is 22.8 Å². The second-order valence-corrected chi connectivity index (χ2v) is 9.59. The molecule has 1 amide bonds. The maximum atomic E-state index is 12.7.